The second-order valence-corrected chi connectivity index (χ2v) is 4.94. The van der Waals surface area contributed by atoms with Gasteiger partial charge >= 0.3 is 0 Å². The van der Waals surface area contributed by atoms with Crippen LogP contribution in [0.5, 0.6) is 0 Å². The fraction of sp³-hybridized carbons (Fsp3) is 0.312. The number of hydrogen-bond acceptors (Lipinski definition) is 2. The minimum atomic E-state index is 0.494. The second-order valence-electron chi connectivity index (χ2n) is 4.94. The van der Waals surface area contributed by atoms with Crippen molar-refractivity contribution in [2.75, 3.05) is 0 Å². The first-order valence-corrected chi connectivity index (χ1v) is 6.40. The third-order valence-corrected chi connectivity index (χ3v) is 2.94. The lowest BCUT2D eigenvalue weighted by Gasteiger charge is -2.13. The van der Waals surface area contributed by atoms with Crippen molar-refractivity contribution in [1.82, 2.24) is 10.3 Å². The molecule has 94 valence electrons. The van der Waals surface area contributed by atoms with E-state index in [2.05, 4.69) is 55.3 Å². The molecule has 0 saturated heterocycles. The van der Waals surface area contributed by atoms with E-state index in [4.69, 9.17) is 0 Å². The van der Waals surface area contributed by atoms with Crippen LogP contribution in [0, 0.1) is 6.92 Å². The molecular weight excluding hydrogens is 220 g/mol. The maximum absolute atomic E-state index is 4.21. The Bertz CT molecular complexity index is 504. The molecule has 0 bridgehead atoms. The van der Waals surface area contributed by atoms with E-state index in [1.807, 2.05) is 18.5 Å². The van der Waals surface area contributed by atoms with E-state index >= 15 is 0 Å². The maximum Gasteiger partial charge on any atom is 0.0346 e. The van der Waals surface area contributed by atoms with E-state index in [0.29, 0.717) is 6.04 Å². The summed E-state index contributed by atoms with van der Waals surface area (Å²) in [7, 11) is 0. The number of pyridine rings is 1. The number of hydrogen-bond donors (Lipinski definition) is 1. The first-order chi connectivity index (χ1) is 8.66. The summed E-state index contributed by atoms with van der Waals surface area (Å²) in [6.07, 6.45) is 3.74. The summed E-state index contributed by atoms with van der Waals surface area (Å²) in [5, 5.41) is 3.47. The average Bonchev–Trinajstić information content (AvgIpc) is 2.38. The number of nitrogens with zero attached hydrogens (tertiary/aromatic N) is 1. The lowest BCUT2D eigenvalue weighted by atomic mass is 9.98. The Morgan fingerprint density at radius 2 is 2.06 bits per heavy atom. The monoisotopic (exact) mass is 240 g/mol. The zero-order valence-corrected chi connectivity index (χ0v) is 11.3. The van der Waals surface area contributed by atoms with Gasteiger partial charge in [0.25, 0.3) is 0 Å². The van der Waals surface area contributed by atoms with Crippen LogP contribution in [-0.2, 0) is 6.54 Å². The van der Waals surface area contributed by atoms with Gasteiger partial charge in [-0.1, -0.05) is 43.7 Å². The topological polar surface area (TPSA) is 24.9 Å². The zero-order valence-electron chi connectivity index (χ0n) is 11.3. The fourth-order valence-electron chi connectivity index (χ4n) is 1.95. The highest BCUT2D eigenvalue weighted by Gasteiger charge is 2.06. The van der Waals surface area contributed by atoms with Gasteiger partial charge in [0.2, 0.25) is 0 Å². The summed E-state index contributed by atoms with van der Waals surface area (Å²) >= 11 is 0. The van der Waals surface area contributed by atoms with Gasteiger partial charge in [-0.25, -0.2) is 0 Å². The molecular formula is C16H20N2. The van der Waals surface area contributed by atoms with Crippen LogP contribution < -0.4 is 5.32 Å². The van der Waals surface area contributed by atoms with Gasteiger partial charge in [-0.05, 0) is 24.1 Å². The molecule has 0 aliphatic heterocycles. The van der Waals surface area contributed by atoms with Crippen LogP contribution in [0.3, 0.4) is 0 Å². The molecule has 2 heteroatoms. The minimum absolute atomic E-state index is 0.494. The minimum Gasteiger partial charge on any atom is -0.310 e. The van der Waals surface area contributed by atoms with Crippen molar-refractivity contribution in [3.8, 4) is 11.1 Å². The molecule has 2 aromatic rings. The standard InChI is InChI=1S/C16H20N2/c1-12(2)18-11-15-7-6-13(3)9-16(15)14-5-4-8-17-10-14/h4-10,12,18H,11H2,1-3H3. The smallest absolute Gasteiger partial charge is 0.0346 e. The van der Waals surface area contributed by atoms with E-state index in [1.54, 1.807) is 0 Å². The van der Waals surface area contributed by atoms with Crippen molar-refractivity contribution in [2.45, 2.75) is 33.4 Å². The maximum atomic E-state index is 4.21. The quantitative estimate of drug-likeness (QED) is 0.884. The Morgan fingerprint density at radius 1 is 1.22 bits per heavy atom. The predicted octanol–water partition coefficient (Wildman–Crippen LogP) is 3.56. The number of aromatic nitrogens is 1. The van der Waals surface area contributed by atoms with Crippen molar-refractivity contribution in [3.05, 3.63) is 53.9 Å². The molecule has 0 amide bonds. The SMILES string of the molecule is Cc1ccc(CNC(C)C)c(-c2cccnc2)c1. The molecule has 1 aromatic carbocycles. The molecule has 0 saturated carbocycles. The predicted molar refractivity (Wildman–Crippen MR) is 76.4 cm³/mol. The van der Waals surface area contributed by atoms with Crippen LogP contribution in [0.4, 0.5) is 0 Å². The molecule has 0 atom stereocenters. The lowest BCUT2D eigenvalue weighted by Crippen LogP contribution is -2.22. The van der Waals surface area contributed by atoms with Gasteiger partial charge in [-0.15, -0.1) is 0 Å². The van der Waals surface area contributed by atoms with Gasteiger partial charge in [0, 0.05) is 30.5 Å². The third-order valence-electron chi connectivity index (χ3n) is 2.94. The Kier molecular flexibility index (Phi) is 4.11. The van der Waals surface area contributed by atoms with Crippen LogP contribution in [0.15, 0.2) is 42.7 Å². The van der Waals surface area contributed by atoms with Gasteiger partial charge in [0.15, 0.2) is 0 Å². The molecule has 1 aromatic heterocycles. The van der Waals surface area contributed by atoms with Crippen molar-refractivity contribution >= 4 is 0 Å². The molecule has 0 aliphatic carbocycles. The Labute approximate surface area is 109 Å². The fourth-order valence-corrected chi connectivity index (χ4v) is 1.95. The molecule has 2 nitrogen and oxygen atoms in total. The number of aryl methyl sites for hydroxylation is 1. The summed E-state index contributed by atoms with van der Waals surface area (Å²) in [5.41, 5.74) is 5.06. The first kappa shape index (κ1) is 12.8. The van der Waals surface area contributed by atoms with Crippen molar-refractivity contribution in [2.24, 2.45) is 0 Å². The van der Waals surface area contributed by atoms with Gasteiger partial charge in [-0.2, -0.15) is 0 Å². The highest BCUT2D eigenvalue weighted by atomic mass is 14.9. The Hall–Kier alpha value is -1.67. The van der Waals surface area contributed by atoms with E-state index in [1.165, 1.54) is 22.3 Å². The Balaban J connectivity index is 2.35. The normalized spacial score (nSPS) is 10.9. The van der Waals surface area contributed by atoms with Crippen LogP contribution in [0.2, 0.25) is 0 Å². The van der Waals surface area contributed by atoms with Crippen LogP contribution in [0.25, 0.3) is 11.1 Å². The van der Waals surface area contributed by atoms with Gasteiger partial charge in [0.1, 0.15) is 0 Å². The molecule has 1 N–H and O–H groups in total. The van der Waals surface area contributed by atoms with Gasteiger partial charge in [0.05, 0.1) is 0 Å². The number of benzene rings is 1. The largest absolute Gasteiger partial charge is 0.310 e. The summed E-state index contributed by atoms with van der Waals surface area (Å²) in [4.78, 5) is 4.21. The van der Waals surface area contributed by atoms with Crippen molar-refractivity contribution in [1.29, 1.82) is 0 Å². The van der Waals surface area contributed by atoms with E-state index < -0.39 is 0 Å². The van der Waals surface area contributed by atoms with Gasteiger partial charge < -0.3 is 5.32 Å². The molecule has 0 spiro atoms. The third kappa shape index (κ3) is 3.17. The van der Waals surface area contributed by atoms with Gasteiger partial charge in [-0.3, -0.25) is 4.98 Å². The highest BCUT2D eigenvalue weighted by Crippen LogP contribution is 2.24. The summed E-state index contributed by atoms with van der Waals surface area (Å²) in [6, 6.07) is 11.2. The summed E-state index contributed by atoms with van der Waals surface area (Å²) in [6.45, 7) is 7.34. The average molecular weight is 240 g/mol. The molecule has 0 unspecified atom stereocenters. The van der Waals surface area contributed by atoms with E-state index in [-0.39, 0.29) is 0 Å². The number of nitrogens with one attached hydrogen (secondary N) is 1. The van der Waals surface area contributed by atoms with Crippen molar-refractivity contribution < 1.29 is 0 Å². The molecule has 0 radical (unpaired) electrons. The van der Waals surface area contributed by atoms with Crippen LogP contribution in [0.1, 0.15) is 25.0 Å². The molecule has 0 aliphatic rings. The first-order valence-electron chi connectivity index (χ1n) is 6.40. The summed E-state index contributed by atoms with van der Waals surface area (Å²) < 4.78 is 0. The highest BCUT2D eigenvalue weighted by molar-refractivity contribution is 5.67. The second kappa shape index (κ2) is 5.78. The summed E-state index contributed by atoms with van der Waals surface area (Å²) in [5.74, 6) is 0. The zero-order chi connectivity index (χ0) is 13.0. The molecule has 0 fully saturated rings. The molecule has 1 heterocycles. The van der Waals surface area contributed by atoms with Crippen LogP contribution in [-0.4, -0.2) is 11.0 Å². The van der Waals surface area contributed by atoms with E-state index in [9.17, 15) is 0 Å². The number of rotatable bonds is 4. The van der Waals surface area contributed by atoms with Crippen molar-refractivity contribution in [3.63, 3.8) is 0 Å². The van der Waals surface area contributed by atoms with E-state index in [0.717, 1.165) is 6.54 Å². The Morgan fingerprint density at radius 3 is 2.72 bits per heavy atom. The molecule has 18 heavy (non-hydrogen) atoms. The molecule has 2 rings (SSSR count). The lowest BCUT2D eigenvalue weighted by molar-refractivity contribution is 0.589. The van der Waals surface area contributed by atoms with Crippen LogP contribution >= 0.6 is 0 Å².